The van der Waals surface area contributed by atoms with Crippen molar-refractivity contribution in [1.29, 1.82) is 0 Å². The molecule has 0 aromatic heterocycles. The molecular formula is C14H19F2NS. The Kier molecular flexibility index (Phi) is 4.87. The van der Waals surface area contributed by atoms with Crippen LogP contribution in [0.15, 0.2) is 29.2 Å². The molecule has 0 bridgehead atoms. The van der Waals surface area contributed by atoms with Crippen LogP contribution in [-0.4, -0.2) is 11.8 Å². The number of alkyl halides is 2. The van der Waals surface area contributed by atoms with Gasteiger partial charge in [-0.15, -0.1) is 0 Å². The molecule has 0 heterocycles. The topological polar surface area (TPSA) is 12.0 Å². The van der Waals surface area contributed by atoms with E-state index >= 15 is 0 Å². The zero-order valence-electron chi connectivity index (χ0n) is 10.5. The van der Waals surface area contributed by atoms with E-state index < -0.39 is 5.76 Å². The zero-order chi connectivity index (χ0) is 13.0. The van der Waals surface area contributed by atoms with Crippen LogP contribution in [-0.2, 0) is 0 Å². The fourth-order valence-corrected chi connectivity index (χ4v) is 3.07. The third-order valence-corrected chi connectivity index (χ3v) is 4.30. The van der Waals surface area contributed by atoms with Gasteiger partial charge in [0.05, 0.1) is 0 Å². The minimum atomic E-state index is -2.35. The maximum Gasteiger partial charge on any atom is 0.288 e. The standard InChI is InChI=1S/C14H19F2NS/c1-10(11-4-2-3-5-11)17-12-6-8-13(9-7-12)18-14(15)16/h6-11,14,17H,2-5H2,1H3. The number of rotatable bonds is 5. The van der Waals surface area contributed by atoms with Crippen LogP contribution in [0, 0.1) is 5.92 Å². The molecule has 1 aromatic rings. The first kappa shape index (κ1) is 13.7. The van der Waals surface area contributed by atoms with E-state index in [2.05, 4.69) is 12.2 Å². The minimum Gasteiger partial charge on any atom is -0.382 e. The van der Waals surface area contributed by atoms with Crippen molar-refractivity contribution in [2.45, 2.75) is 49.3 Å². The fourth-order valence-electron chi connectivity index (χ4n) is 2.57. The van der Waals surface area contributed by atoms with Gasteiger partial charge in [0.1, 0.15) is 0 Å². The molecule has 1 atom stereocenters. The molecule has 0 amide bonds. The van der Waals surface area contributed by atoms with E-state index in [1.165, 1.54) is 25.7 Å². The van der Waals surface area contributed by atoms with Crippen molar-refractivity contribution >= 4 is 17.4 Å². The van der Waals surface area contributed by atoms with E-state index in [9.17, 15) is 8.78 Å². The number of hydrogen-bond donors (Lipinski definition) is 1. The van der Waals surface area contributed by atoms with Gasteiger partial charge in [-0.3, -0.25) is 0 Å². The molecule has 0 spiro atoms. The fraction of sp³-hybridized carbons (Fsp3) is 0.571. The molecule has 1 aliphatic carbocycles. The first-order chi connectivity index (χ1) is 8.65. The predicted octanol–water partition coefficient (Wildman–Crippen LogP) is 4.99. The molecule has 2 rings (SSSR count). The van der Waals surface area contributed by atoms with Gasteiger partial charge in [0.15, 0.2) is 0 Å². The van der Waals surface area contributed by atoms with Crippen LogP contribution in [0.3, 0.4) is 0 Å². The highest BCUT2D eigenvalue weighted by Gasteiger charge is 2.21. The Labute approximate surface area is 111 Å². The van der Waals surface area contributed by atoms with Gasteiger partial charge in [-0.05, 0) is 49.9 Å². The van der Waals surface area contributed by atoms with E-state index in [1.54, 1.807) is 12.1 Å². The lowest BCUT2D eigenvalue weighted by Gasteiger charge is -2.21. The summed E-state index contributed by atoms with van der Waals surface area (Å²) in [7, 11) is 0. The SMILES string of the molecule is CC(Nc1ccc(SC(F)F)cc1)C1CCCC1. The third-order valence-electron chi connectivity index (χ3n) is 3.58. The highest BCUT2D eigenvalue weighted by molar-refractivity contribution is 7.99. The monoisotopic (exact) mass is 271 g/mol. The van der Waals surface area contributed by atoms with Crippen LogP contribution < -0.4 is 5.32 Å². The highest BCUT2D eigenvalue weighted by atomic mass is 32.2. The number of benzene rings is 1. The lowest BCUT2D eigenvalue weighted by molar-refractivity contribution is 0.252. The normalized spacial score (nSPS) is 18.2. The van der Waals surface area contributed by atoms with Crippen LogP contribution >= 0.6 is 11.8 Å². The molecule has 1 saturated carbocycles. The van der Waals surface area contributed by atoms with Crippen LogP contribution in [0.25, 0.3) is 0 Å². The maximum absolute atomic E-state index is 12.2. The van der Waals surface area contributed by atoms with Crippen LogP contribution in [0.2, 0.25) is 0 Å². The molecular weight excluding hydrogens is 252 g/mol. The lowest BCUT2D eigenvalue weighted by atomic mass is 9.99. The first-order valence-corrected chi connectivity index (χ1v) is 7.34. The molecule has 100 valence electrons. The Morgan fingerprint density at radius 2 is 1.78 bits per heavy atom. The highest BCUT2D eigenvalue weighted by Crippen LogP contribution is 2.30. The minimum absolute atomic E-state index is 0.459. The van der Waals surface area contributed by atoms with Crippen molar-refractivity contribution in [1.82, 2.24) is 0 Å². The van der Waals surface area contributed by atoms with Gasteiger partial charge in [-0.2, -0.15) is 8.78 Å². The Morgan fingerprint density at radius 1 is 1.17 bits per heavy atom. The van der Waals surface area contributed by atoms with Gasteiger partial charge in [0, 0.05) is 16.6 Å². The molecule has 0 radical (unpaired) electrons. The average Bonchev–Trinajstić information content (AvgIpc) is 2.84. The summed E-state index contributed by atoms with van der Waals surface area (Å²) in [6.45, 7) is 2.21. The summed E-state index contributed by atoms with van der Waals surface area (Å²) < 4.78 is 24.4. The summed E-state index contributed by atoms with van der Waals surface area (Å²) in [6.07, 6.45) is 5.27. The number of thioether (sulfide) groups is 1. The molecule has 1 unspecified atom stereocenters. The van der Waals surface area contributed by atoms with Crippen molar-refractivity contribution in [3.05, 3.63) is 24.3 Å². The summed E-state index contributed by atoms with van der Waals surface area (Å²) in [5, 5.41) is 3.47. The van der Waals surface area contributed by atoms with E-state index in [0.29, 0.717) is 22.7 Å². The third kappa shape index (κ3) is 3.87. The van der Waals surface area contributed by atoms with E-state index in [1.807, 2.05) is 12.1 Å². The molecule has 1 aromatic carbocycles. The average molecular weight is 271 g/mol. The molecule has 0 aliphatic heterocycles. The summed E-state index contributed by atoms with van der Waals surface area (Å²) >= 11 is 0.590. The number of hydrogen-bond acceptors (Lipinski definition) is 2. The molecule has 1 fully saturated rings. The largest absolute Gasteiger partial charge is 0.382 e. The Hall–Kier alpha value is -0.770. The van der Waals surface area contributed by atoms with Gasteiger partial charge >= 0.3 is 0 Å². The molecule has 0 saturated heterocycles. The van der Waals surface area contributed by atoms with Crippen molar-refractivity contribution in [3.8, 4) is 0 Å². The van der Waals surface area contributed by atoms with E-state index in [0.717, 1.165) is 11.6 Å². The second-order valence-corrected chi connectivity index (χ2v) is 5.94. The van der Waals surface area contributed by atoms with Gasteiger partial charge in [-0.25, -0.2) is 0 Å². The van der Waals surface area contributed by atoms with Gasteiger partial charge < -0.3 is 5.32 Å². The van der Waals surface area contributed by atoms with Crippen molar-refractivity contribution in [2.75, 3.05) is 5.32 Å². The smallest absolute Gasteiger partial charge is 0.288 e. The summed E-state index contributed by atoms with van der Waals surface area (Å²) in [5.41, 5.74) is 1.02. The zero-order valence-corrected chi connectivity index (χ0v) is 11.4. The van der Waals surface area contributed by atoms with Crippen LogP contribution in [0.5, 0.6) is 0 Å². The van der Waals surface area contributed by atoms with Gasteiger partial charge in [0.25, 0.3) is 5.76 Å². The molecule has 1 aliphatic rings. The number of nitrogens with one attached hydrogen (secondary N) is 1. The quantitative estimate of drug-likeness (QED) is 0.757. The van der Waals surface area contributed by atoms with Gasteiger partial charge in [-0.1, -0.05) is 24.6 Å². The first-order valence-electron chi connectivity index (χ1n) is 6.46. The number of anilines is 1. The Balaban J connectivity index is 1.89. The predicted molar refractivity (Wildman–Crippen MR) is 73.3 cm³/mol. The summed E-state index contributed by atoms with van der Waals surface area (Å²) in [4.78, 5) is 0.615. The second-order valence-electron chi connectivity index (χ2n) is 4.88. The maximum atomic E-state index is 12.2. The second kappa shape index (κ2) is 6.41. The van der Waals surface area contributed by atoms with Crippen LogP contribution in [0.1, 0.15) is 32.6 Å². The molecule has 1 nitrogen and oxygen atoms in total. The molecule has 18 heavy (non-hydrogen) atoms. The van der Waals surface area contributed by atoms with Crippen LogP contribution in [0.4, 0.5) is 14.5 Å². The Morgan fingerprint density at radius 3 is 2.33 bits per heavy atom. The number of halogens is 2. The van der Waals surface area contributed by atoms with Gasteiger partial charge in [0.2, 0.25) is 0 Å². The van der Waals surface area contributed by atoms with Crippen molar-refractivity contribution < 1.29 is 8.78 Å². The van der Waals surface area contributed by atoms with E-state index in [-0.39, 0.29) is 0 Å². The summed E-state index contributed by atoms with van der Waals surface area (Å²) in [6, 6.07) is 7.73. The molecule has 4 heteroatoms. The lowest BCUT2D eigenvalue weighted by Crippen LogP contribution is -2.23. The molecule has 1 N–H and O–H groups in total. The van der Waals surface area contributed by atoms with Crippen molar-refractivity contribution in [2.24, 2.45) is 5.92 Å². The van der Waals surface area contributed by atoms with Crippen molar-refractivity contribution in [3.63, 3.8) is 0 Å². The Bertz CT molecular complexity index is 361. The summed E-state index contributed by atoms with van der Waals surface area (Å²) in [5.74, 6) is -1.60. The van der Waals surface area contributed by atoms with E-state index in [4.69, 9.17) is 0 Å².